The predicted octanol–water partition coefficient (Wildman–Crippen LogP) is 3.32. The number of aliphatic carboxylic acids is 1. The van der Waals surface area contributed by atoms with Gasteiger partial charge in [0.2, 0.25) is 0 Å². The van der Waals surface area contributed by atoms with E-state index < -0.39 is 5.97 Å². The normalized spacial score (nSPS) is 10.6. The van der Waals surface area contributed by atoms with Gasteiger partial charge in [0, 0.05) is 21.8 Å². The van der Waals surface area contributed by atoms with Gasteiger partial charge in [-0.25, -0.2) is 9.97 Å². The highest BCUT2D eigenvalue weighted by molar-refractivity contribution is 7.98. The quantitative estimate of drug-likeness (QED) is 0.858. The molecular formula is C16H18N2O2S. The Bertz CT molecular complexity index is 631. The van der Waals surface area contributed by atoms with Crippen LogP contribution in [0.25, 0.3) is 0 Å². The summed E-state index contributed by atoms with van der Waals surface area (Å²) < 4.78 is 0. The van der Waals surface area contributed by atoms with Crippen LogP contribution >= 0.6 is 11.8 Å². The molecule has 0 aliphatic rings. The minimum absolute atomic E-state index is 0.0248. The molecule has 1 heterocycles. The molecule has 21 heavy (non-hydrogen) atoms. The van der Waals surface area contributed by atoms with Crippen molar-refractivity contribution in [1.29, 1.82) is 0 Å². The van der Waals surface area contributed by atoms with Crippen LogP contribution in [0.2, 0.25) is 0 Å². The Balaban J connectivity index is 2.10. The summed E-state index contributed by atoms with van der Waals surface area (Å²) >= 11 is 1.68. The molecule has 0 amide bonds. The first-order chi connectivity index (χ1) is 9.95. The molecule has 4 nitrogen and oxygen atoms in total. The first-order valence-corrected chi connectivity index (χ1v) is 7.68. The van der Waals surface area contributed by atoms with Crippen molar-refractivity contribution in [2.45, 2.75) is 37.8 Å². The highest BCUT2D eigenvalue weighted by Gasteiger charge is 2.12. The van der Waals surface area contributed by atoms with Crippen LogP contribution in [0.3, 0.4) is 0 Å². The van der Waals surface area contributed by atoms with E-state index in [1.807, 2.05) is 13.8 Å². The number of thioether (sulfide) groups is 1. The number of hydrogen-bond donors (Lipinski definition) is 1. The fourth-order valence-electron chi connectivity index (χ4n) is 2.06. The Kier molecular flexibility index (Phi) is 4.96. The second-order valence-corrected chi connectivity index (χ2v) is 6.01. The van der Waals surface area contributed by atoms with Crippen molar-refractivity contribution in [2.75, 3.05) is 0 Å². The summed E-state index contributed by atoms with van der Waals surface area (Å²) in [6.45, 7) is 5.74. The van der Waals surface area contributed by atoms with E-state index in [9.17, 15) is 4.79 Å². The predicted molar refractivity (Wildman–Crippen MR) is 83.6 cm³/mol. The van der Waals surface area contributed by atoms with Gasteiger partial charge in [0.1, 0.15) is 5.82 Å². The topological polar surface area (TPSA) is 63.1 Å². The molecule has 2 rings (SSSR count). The number of carboxylic acid groups (broad SMARTS) is 1. The minimum atomic E-state index is -0.855. The number of nitrogens with zero attached hydrogens (tertiary/aromatic N) is 2. The molecule has 110 valence electrons. The van der Waals surface area contributed by atoms with Gasteiger partial charge in [-0.05, 0) is 32.9 Å². The Hall–Kier alpha value is -1.88. The van der Waals surface area contributed by atoms with E-state index in [1.165, 1.54) is 10.5 Å². The molecule has 0 unspecified atom stereocenters. The van der Waals surface area contributed by atoms with Gasteiger partial charge in [-0.2, -0.15) is 0 Å². The molecule has 0 radical (unpaired) electrons. The highest BCUT2D eigenvalue weighted by atomic mass is 32.2. The number of benzene rings is 1. The Morgan fingerprint density at radius 2 is 1.67 bits per heavy atom. The van der Waals surface area contributed by atoms with Crippen LogP contribution in [-0.2, 0) is 17.0 Å². The van der Waals surface area contributed by atoms with E-state index >= 15 is 0 Å². The van der Waals surface area contributed by atoms with E-state index in [4.69, 9.17) is 5.11 Å². The third kappa shape index (κ3) is 4.29. The summed E-state index contributed by atoms with van der Waals surface area (Å²) in [7, 11) is 0. The molecule has 0 spiro atoms. The van der Waals surface area contributed by atoms with Crippen LogP contribution in [0.4, 0.5) is 0 Å². The first kappa shape index (κ1) is 15.5. The minimum Gasteiger partial charge on any atom is -0.481 e. The lowest BCUT2D eigenvalue weighted by atomic mass is 10.1. The fraction of sp³-hybridized carbons (Fsp3) is 0.312. The van der Waals surface area contributed by atoms with Gasteiger partial charge >= 0.3 is 5.97 Å². The number of hydrogen-bond acceptors (Lipinski definition) is 4. The van der Waals surface area contributed by atoms with Gasteiger partial charge in [-0.15, -0.1) is 11.8 Å². The fourth-order valence-corrected chi connectivity index (χ4v) is 2.82. The van der Waals surface area contributed by atoms with Crippen LogP contribution in [0.15, 0.2) is 29.2 Å². The van der Waals surface area contributed by atoms with Crippen LogP contribution < -0.4 is 0 Å². The Morgan fingerprint density at radius 3 is 2.19 bits per heavy atom. The molecule has 0 fully saturated rings. The largest absolute Gasteiger partial charge is 0.481 e. The molecule has 5 heteroatoms. The molecule has 1 N–H and O–H groups in total. The van der Waals surface area contributed by atoms with Crippen LogP contribution in [0.1, 0.15) is 28.3 Å². The van der Waals surface area contributed by atoms with E-state index in [2.05, 4.69) is 41.2 Å². The van der Waals surface area contributed by atoms with Crippen LogP contribution in [0, 0.1) is 20.8 Å². The monoisotopic (exact) mass is 302 g/mol. The molecule has 0 saturated heterocycles. The molecule has 2 aromatic rings. The van der Waals surface area contributed by atoms with Gasteiger partial charge in [-0.1, -0.05) is 17.7 Å². The number of carbonyl (C=O) groups is 1. The molecule has 0 bridgehead atoms. The van der Waals surface area contributed by atoms with Crippen molar-refractivity contribution in [3.63, 3.8) is 0 Å². The number of aryl methyl sites for hydroxylation is 3. The lowest BCUT2D eigenvalue weighted by Crippen LogP contribution is -2.09. The van der Waals surface area contributed by atoms with Gasteiger partial charge in [-0.3, -0.25) is 4.79 Å². The smallest absolute Gasteiger partial charge is 0.307 e. The van der Waals surface area contributed by atoms with Crippen molar-refractivity contribution >= 4 is 17.7 Å². The summed E-state index contributed by atoms with van der Waals surface area (Å²) in [5, 5.41) is 8.90. The summed E-state index contributed by atoms with van der Waals surface area (Å²) in [6, 6.07) is 8.32. The summed E-state index contributed by atoms with van der Waals surface area (Å²) in [5.74, 6) is 0.564. The molecule has 1 aromatic heterocycles. The molecule has 0 aliphatic heterocycles. The number of rotatable bonds is 5. The molecule has 1 aromatic carbocycles. The molecule has 0 aliphatic carbocycles. The Morgan fingerprint density at radius 1 is 1.10 bits per heavy atom. The maximum absolute atomic E-state index is 10.8. The molecule has 0 saturated carbocycles. The van der Waals surface area contributed by atoms with E-state index in [1.54, 1.807) is 11.8 Å². The van der Waals surface area contributed by atoms with Crippen molar-refractivity contribution < 1.29 is 9.90 Å². The van der Waals surface area contributed by atoms with Crippen LogP contribution in [-0.4, -0.2) is 21.0 Å². The van der Waals surface area contributed by atoms with E-state index in [0.717, 1.165) is 17.2 Å². The first-order valence-electron chi connectivity index (χ1n) is 6.70. The third-order valence-corrected chi connectivity index (χ3v) is 4.19. The maximum atomic E-state index is 10.8. The average Bonchev–Trinajstić information content (AvgIpc) is 2.42. The molecular weight excluding hydrogens is 284 g/mol. The maximum Gasteiger partial charge on any atom is 0.307 e. The van der Waals surface area contributed by atoms with Crippen molar-refractivity contribution in [1.82, 2.24) is 9.97 Å². The summed E-state index contributed by atoms with van der Waals surface area (Å²) in [5.41, 5.74) is 3.46. The van der Waals surface area contributed by atoms with Gasteiger partial charge in [0.05, 0.1) is 12.2 Å². The van der Waals surface area contributed by atoms with Crippen molar-refractivity contribution in [3.05, 3.63) is 52.6 Å². The zero-order valence-electron chi connectivity index (χ0n) is 12.4. The second kappa shape index (κ2) is 6.72. The second-order valence-electron chi connectivity index (χ2n) is 4.96. The summed E-state index contributed by atoms with van der Waals surface area (Å²) in [4.78, 5) is 20.9. The highest BCUT2D eigenvalue weighted by Crippen LogP contribution is 2.22. The van der Waals surface area contributed by atoms with Gasteiger partial charge in [0.15, 0.2) is 0 Å². The van der Waals surface area contributed by atoms with Crippen molar-refractivity contribution in [3.8, 4) is 0 Å². The third-order valence-electron chi connectivity index (χ3n) is 3.18. The average molecular weight is 302 g/mol. The standard InChI is InChI=1S/C16H18N2O2S/c1-10-4-6-13(7-5-10)21-9-15-17-11(2)14(8-16(19)20)12(3)18-15/h4-7H,8-9H2,1-3H3,(H,19,20). The summed E-state index contributed by atoms with van der Waals surface area (Å²) in [6.07, 6.45) is -0.0248. The van der Waals surface area contributed by atoms with E-state index in [-0.39, 0.29) is 6.42 Å². The SMILES string of the molecule is Cc1ccc(SCc2nc(C)c(CC(=O)O)c(C)n2)cc1. The number of carboxylic acids is 1. The van der Waals surface area contributed by atoms with Crippen molar-refractivity contribution in [2.24, 2.45) is 0 Å². The number of aromatic nitrogens is 2. The van der Waals surface area contributed by atoms with Gasteiger partial charge < -0.3 is 5.11 Å². The zero-order chi connectivity index (χ0) is 15.4. The Labute approximate surface area is 128 Å². The van der Waals surface area contributed by atoms with Crippen LogP contribution in [0.5, 0.6) is 0 Å². The lowest BCUT2D eigenvalue weighted by Gasteiger charge is -2.09. The molecule has 0 atom stereocenters. The van der Waals surface area contributed by atoms with E-state index in [0.29, 0.717) is 11.3 Å². The van der Waals surface area contributed by atoms with Gasteiger partial charge in [0.25, 0.3) is 0 Å². The zero-order valence-corrected chi connectivity index (χ0v) is 13.2. The lowest BCUT2D eigenvalue weighted by molar-refractivity contribution is -0.136.